The summed E-state index contributed by atoms with van der Waals surface area (Å²) in [5.74, 6) is 0. The molecule has 1 aromatic heterocycles. The second-order valence-electron chi connectivity index (χ2n) is 3.36. The van der Waals surface area contributed by atoms with Gasteiger partial charge in [0.25, 0.3) is 0 Å². The molecule has 2 aromatic rings. The Morgan fingerprint density at radius 3 is 3.07 bits per heavy atom. The average Bonchev–Trinajstić information content (AvgIpc) is 2.60. The Morgan fingerprint density at radius 1 is 1.43 bits per heavy atom. The summed E-state index contributed by atoms with van der Waals surface area (Å²) in [5, 5.41) is 4.52. The molecule has 1 heterocycles. The van der Waals surface area contributed by atoms with Crippen molar-refractivity contribution in [3.8, 4) is 0 Å². The molecule has 0 atom stereocenters. The number of H-pyrrole nitrogens is 1. The van der Waals surface area contributed by atoms with Crippen molar-refractivity contribution >= 4 is 16.6 Å². The van der Waals surface area contributed by atoms with Crippen LogP contribution in [0.15, 0.2) is 24.4 Å². The summed E-state index contributed by atoms with van der Waals surface area (Å²) < 4.78 is 0. The number of fused-ring (bicyclic) bond motifs is 1. The Kier molecular flexibility index (Phi) is 2.41. The van der Waals surface area contributed by atoms with Gasteiger partial charge in [0, 0.05) is 18.1 Å². The van der Waals surface area contributed by atoms with Crippen LogP contribution in [0.3, 0.4) is 0 Å². The second kappa shape index (κ2) is 3.72. The first kappa shape index (κ1) is 9.09. The van der Waals surface area contributed by atoms with E-state index in [1.54, 1.807) is 0 Å². The zero-order valence-electron chi connectivity index (χ0n) is 8.30. The number of benzene rings is 1. The Labute approximate surface area is 83.3 Å². The van der Waals surface area contributed by atoms with Crippen molar-refractivity contribution in [3.63, 3.8) is 0 Å². The van der Waals surface area contributed by atoms with Crippen LogP contribution in [-0.4, -0.2) is 11.5 Å². The van der Waals surface area contributed by atoms with E-state index in [-0.39, 0.29) is 0 Å². The molecule has 0 unspecified atom stereocenters. The van der Waals surface area contributed by atoms with E-state index < -0.39 is 0 Å². The zero-order valence-corrected chi connectivity index (χ0v) is 8.30. The highest BCUT2D eigenvalue weighted by atomic mass is 14.8. The van der Waals surface area contributed by atoms with Crippen molar-refractivity contribution in [2.24, 2.45) is 0 Å². The summed E-state index contributed by atoms with van der Waals surface area (Å²) >= 11 is 0. The van der Waals surface area contributed by atoms with Gasteiger partial charge in [-0.05, 0) is 18.2 Å². The summed E-state index contributed by atoms with van der Waals surface area (Å²) in [6.07, 6.45) is 2.02. The number of nitrogens with two attached hydrogens (primary N) is 1. The molecule has 1 aromatic carbocycles. The fourth-order valence-corrected chi connectivity index (χ4v) is 1.64. The third-order valence-electron chi connectivity index (χ3n) is 2.40. The Bertz CT molecular complexity index is 431. The quantitative estimate of drug-likeness (QED) is 0.645. The highest BCUT2D eigenvalue weighted by Gasteiger charge is 2.04. The molecule has 0 saturated heterocycles. The van der Waals surface area contributed by atoms with E-state index in [1.807, 2.05) is 18.3 Å². The van der Waals surface area contributed by atoms with Gasteiger partial charge in [0.2, 0.25) is 0 Å². The molecule has 3 nitrogen and oxygen atoms in total. The van der Waals surface area contributed by atoms with Crippen LogP contribution in [0.5, 0.6) is 0 Å². The minimum Gasteiger partial charge on any atom is -0.397 e. The maximum Gasteiger partial charge on any atom is 0.0690 e. The van der Waals surface area contributed by atoms with Crippen LogP contribution in [0.1, 0.15) is 12.5 Å². The number of nitrogens with one attached hydrogen (secondary N) is 2. The van der Waals surface area contributed by atoms with Gasteiger partial charge in [-0.2, -0.15) is 0 Å². The Balaban J connectivity index is 2.42. The van der Waals surface area contributed by atoms with Gasteiger partial charge in [-0.3, -0.25) is 0 Å². The van der Waals surface area contributed by atoms with Gasteiger partial charge >= 0.3 is 0 Å². The lowest BCUT2D eigenvalue weighted by molar-refractivity contribution is 0.730. The number of nitrogen functional groups attached to an aromatic ring is 1. The van der Waals surface area contributed by atoms with Crippen LogP contribution >= 0.6 is 0 Å². The Morgan fingerprint density at radius 2 is 2.29 bits per heavy atom. The van der Waals surface area contributed by atoms with Gasteiger partial charge in [-0.25, -0.2) is 0 Å². The van der Waals surface area contributed by atoms with Crippen LogP contribution in [0.25, 0.3) is 10.9 Å². The third kappa shape index (κ3) is 1.46. The molecule has 0 aliphatic heterocycles. The van der Waals surface area contributed by atoms with Crippen molar-refractivity contribution in [1.29, 1.82) is 0 Å². The number of aromatic nitrogens is 1. The summed E-state index contributed by atoms with van der Waals surface area (Å²) in [5.41, 5.74) is 8.97. The third-order valence-corrected chi connectivity index (χ3v) is 2.40. The van der Waals surface area contributed by atoms with E-state index in [2.05, 4.69) is 23.3 Å². The molecule has 4 N–H and O–H groups in total. The van der Waals surface area contributed by atoms with Gasteiger partial charge in [0.1, 0.15) is 0 Å². The molecule has 0 fully saturated rings. The number of aromatic amines is 1. The van der Waals surface area contributed by atoms with E-state index in [4.69, 9.17) is 5.73 Å². The topological polar surface area (TPSA) is 53.8 Å². The lowest BCUT2D eigenvalue weighted by Crippen LogP contribution is -2.11. The molecule has 14 heavy (non-hydrogen) atoms. The van der Waals surface area contributed by atoms with Crippen molar-refractivity contribution in [2.75, 3.05) is 12.3 Å². The lowest BCUT2D eigenvalue weighted by Gasteiger charge is -2.00. The summed E-state index contributed by atoms with van der Waals surface area (Å²) in [6, 6.07) is 5.99. The van der Waals surface area contributed by atoms with Crippen LogP contribution < -0.4 is 11.1 Å². The van der Waals surface area contributed by atoms with E-state index in [0.717, 1.165) is 24.3 Å². The lowest BCUT2D eigenvalue weighted by atomic mass is 10.1. The fraction of sp³-hybridized carbons (Fsp3) is 0.273. The van der Waals surface area contributed by atoms with Gasteiger partial charge in [0.05, 0.1) is 11.2 Å². The van der Waals surface area contributed by atoms with Crippen LogP contribution in [-0.2, 0) is 6.54 Å². The highest BCUT2D eigenvalue weighted by molar-refractivity contribution is 5.92. The number of hydrogen-bond acceptors (Lipinski definition) is 2. The number of rotatable bonds is 3. The smallest absolute Gasteiger partial charge is 0.0690 e. The molecule has 0 bridgehead atoms. The standard InChI is InChI=1S/C11H15N3/c1-2-13-6-8-7-14-11-9(8)4-3-5-10(11)12/h3-5,7,13-14H,2,6,12H2,1H3. The molecule has 0 radical (unpaired) electrons. The van der Waals surface area contributed by atoms with E-state index >= 15 is 0 Å². The van der Waals surface area contributed by atoms with Gasteiger partial charge < -0.3 is 16.0 Å². The second-order valence-corrected chi connectivity index (χ2v) is 3.36. The van der Waals surface area contributed by atoms with Crippen molar-refractivity contribution in [3.05, 3.63) is 30.0 Å². The first-order chi connectivity index (χ1) is 6.83. The van der Waals surface area contributed by atoms with Crippen molar-refractivity contribution in [2.45, 2.75) is 13.5 Å². The number of hydrogen-bond donors (Lipinski definition) is 3. The average molecular weight is 189 g/mol. The SMILES string of the molecule is CCNCc1c[nH]c2c(N)cccc12. The van der Waals surface area contributed by atoms with Gasteiger partial charge in [-0.1, -0.05) is 19.1 Å². The number of anilines is 1. The molecule has 2 rings (SSSR count). The molecule has 0 aliphatic rings. The zero-order chi connectivity index (χ0) is 9.97. The van der Waals surface area contributed by atoms with E-state index in [0.29, 0.717) is 0 Å². The molecular formula is C11H15N3. The van der Waals surface area contributed by atoms with E-state index in [9.17, 15) is 0 Å². The van der Waals surface area contributed by atoms with Crippen molar-refractivity contribution in [1.82, 2.24) is 10.3 Å². The molecule has 3 heteroatoms. The minimum atomic E-state index is 0.810. The molecule has 0 saturated carbocycles. The fourth-order valence-electron chi connectivity index (χ4n) is 1.64. The summed E-state index contributed by atoms with van der Waals surface area (Å²) in [6.45, 7) is 3.97. The summed E-state index contributed by atoms with van der Waals surface area (Å²) in [7, 11) is 0. The van der Waals surface area contributed by atoms with Crippen molar-refractivity contribution < 1.29 is 0 Å². The normalized spacial score (nSPS) is 10.9. The molecule has 0 aliphatic carbocycles. The van der Waals surface area contributed by atoms with Gasteiger partial charge in [-0.15, -0.1) is 0 Å². The molecule has 0 spiro atoms. The monoisotopic (exact) mass is 189 g/mol. The van der Waals surface area contributed by atoms with Crippen LogP contribution in [0, 0.1) is 0 Å². The largest absolute Gasteiger partial charge is 0.397 e. The first-order valence-electron chi connectivity index (χ1n) is 4.88. The minimum absolute atomic E-state index is 0.810. The molecule has 74 valence electrons. The van der Waals surface area contributed by atoms with Gasteiger partial charge in [0.15, 0.2) is 0 Å². The molecule has 0 amide bonds. The number of para-hydroxylation sites is 1. The maximum atomic E-state index is 5.85. The highest BCUT2D eigenvalue weighted by Crippen LogP contribution is 2.22. The summed E-state index contributed by atoms with van der Waals surface area (Å²) in [4.78, 5) is 3.20. The van der Waals surface area contributed by atoms with E-state index in [1.165, 1.54) is 10.9 Å². The predicted molar refractivity (Wildman–Crippen MR) is 60.1 cm³/mol. The maximum absolute atomic E-state index is 5.85. The van der Waals surface area contributed by atoms with Crippen LogP contribution in [0.4, 0.5) is 5.69 Å². The Hall–Kier alpha value is -1.48. The molecular weight excluding hydrogens is 174 g/mol. The van der Waals surface area contributed by atoms with Crippen LogP contribution in [0.2, 0.25) is 0 Å². The first-order valence-corrected chi connectivity index (χ1v) is 4.88. The predicted octanol–water partition coefficient (Wildman–Crippen LogP) is 1.86.